The van der Waals surface area contributed by atoms with Crippen LogP contribution in [0.2, 0.25) is 0 Å². The van der Waals surface area contributed by atoms with Crippen molar-refractivity contribution >= 4 is 26.7 Å². The lowest BCUT2D eigenvalue weighted by Gasteiger charge is -2.09. The van der Waals surface area contributed by atoms with Gasteiger partial charge >= 0.3 is 5.13 Å². The molecule has 1 aromatic heterocycles. The summed E-state index contributed by atoms with van der Waals surface area (Å²) in [6.45, 7) is 1.09. The van der Waals surface area contributed by atoms with E-state index in [9.17, 15) is 0 Å². The van der Waals surface area contributed by atoms with Crippen molar-refractivity contribution in [3.8, 4) is 0 Å². The van der Waals surface area contributed by atoms with Crippen molar-refractivity contribution in [2.75, 3.05) is 5.73 Å². The topological polar surface area (TPSA) is 29.9 Å². The van der Waals surface area contributed by atoms with Crippen LogP contribution in [0.4, 0.5) is 5.13 Å². The van der Waals surface area contributed by atoms with E-state index in [1.807, 2.05) is 0 Å². The Labute approximate surface area is 97.1 Å². The van der Waals surface area contributed by atoms with E-state index >= 15 is 0 Å². The summed E-state index contributed by atoms with van der Waals surface area (Å²) in [6.07, 6.45) is 2.42. The van der Waals surface area contributed by atoms with Crippen LogP contribution in [0.25, 0.3) is 10.2 Å². The zero-order valence-electron chi connectivity index (χ0n) is 7.66. The number of nitrogens with zero attached hydrogens (tertiary/aromatic N) is 1. The standard InChI is InChI=1S/C10H10N2S.BrH/c11-10-12-6-2-4-7-3-1-5-8(13-10)9(7)12;/h1,3,5,11H,2,4,6H2;1H. The largest absolute Gasteiger partial charge is 1.00 e. The van der Waals surface area contributed by atoms with Crippen LogP contribution in [0.5, 0.6) is 0 Å². The molecule has 0 saturated carbocycles. The molecule has 2 aromatic rings. The molecule has 2 nitrogen and oxygen atoms in total. The number of halogens is 1. The summed E-state index contributed by atoms with van der Waals surface area (Å²) in [5, 5.41) is 0.946. The highest BCUT2D eigenvalue weighted by Crippen LogP contribution is 2.27. The van der Waals surface area contributed by atoms with E-state index in [1.54, 1.807) is 11.3 Å². The molecule has 2 N–H and O–H groups in total. The van der Waals surface area contributed by atoms with Crippen LogP contribution in [0.3, 0.4) is 0 Å². The molecule has 0 saturated heterocycles. The van der Waals surface area contributed by atoms with Gasteiger partial charge in [0.25, 0.3) is 0 Å². The molecule has 0 bridgehead atoms. The van der Waals surface area contributed by atoms with Crippen molar-refractivity contribution in [2.45, 2.75) is 19.4 Å². The Balaban J connectivity index is 0.000000750. The van der Waals surface area contributed by atoms with Crippen LogP contribution in [-0.2, 0) is 13.0 Å². The predicted octanol–water partition coefficient (Wildman–Crippen LogP) is -1.28. The molecular formula is C10H11BrN2S. The molecule has 1 aliphatic rings. The Morgan fingerprint density at radius 2 is 2.21 bits per heavy atom. The zero-order chi connectivity index (χ0) is 8.84. The van der Waals surface area contributed by atoms with Gasteiger partial charge in [-0.15, -0.1) is 0 Å². The summed E-state index contributed by atoms with van der Waals surface area (Å²) in [4.78, 5) is 0. The first-order chi connectivity index (χ1) is 6.36. The molecule has 14 heavy (non-hydrogen) atoms. The summed E-state index contributed by atoms with van der Waals surface area (Å²) in [7, 11) is 0. The Hall–Kier alpha value is -0.610. The van der Waals surface area contributed by atoms with Crippen molar-refractivity contribution in [3.63, 3.8) is 0 Å². The van der Waals surface area contributed by atoms with Crippen molar-refractivity contribution in [3.05, 3.63) is 23.8 Å². The summed E-state index contributed by atoms with van der Waals surface area (Å²) >= 11 is 1.70. The highest BCUT2D eigenvalue weighted by Gasteiger charge is 2.21. The maximum absolute atomic E-state index is 5.95. The van der Waals surface area contributed by atoms with Crippen molar-refractivity contribution in [1.29, 1.82) is 0 Å². The second-order valence-electron chi connectivity index (χ2n) is 3.46. The lowest BCUT2D eigenvalue weighted by atomic mass is 10.1. The summed E-state index contributed by atoms with van der Waals surface area (Å²) in [5.41, 5.74) is 8.77. The van der Waals surface area contributed by atoms with E-state index in [2.05, 4.69) is 22.8 Å². The average molecular weight is 271 g/mol. The van der Waals surface area contributed by atoms with Gasteiger partial charge in [-0.3, -0.25) is 5.73 Å². The molecule has 0 unspecified atom stereocenters. The minimum atomic E-state index is 0. The minimum Gasteiger partial charge on any atom is -1.00 e. The second kappa shape index (κ2) is 3.51. The van der Waals surface area contributed by atoms with Crippen molar-refractivity contribution in [1.82, 2.24) is 0 Å². The number of aryl methyl sites for hydroxylation is 2. The number of anilines is 1. The van der Waals surface area contributed by atoms with E-state index in [0.717, 1.165) is 11.7 Å². The molecule has 0 spiro atoms. The molecule has 0 atom stereocenters. The molecule has 0 aliphatic carbocycles. The molecule has 1 aromatic carbocycles. The number of para-hydroxylation sites is 1. The lowest BCUT2D eigenvalue weighted by molar-refractivity contribution is -0.656. The SMILES string of the molecule is Nc1sc2cccc3c2[n+]1CCC3.[Br-]. The van der Waals surface area contributed by atoms with Gasteiger partial charge in [0.15, 0.2) is 0 Å². The van der Waals surface area contributed by atoms with Crippen LogP contribution in [0, 0.1) is 0 Å². The number of hydrogen-bond donors (Lipinski definition) is 1. The second-order valence-corrected chi connectivity index (χ2v) is 4.52. The molecule has 4 heteroatoms. The molecule has 1 aliphatic heterocycles. The lowest BCUT2D eigenvalue weighted by Crippen LogP contribution is -3.00. The van der Waals surface area contributed by atoms with Gasteiger partial charge in [-0.05, 0) is 30.2 Å². The first kappa shape index (κ1) is 9.93. The summed E-state index contributed by atoms with van der Waals surface area (Å²) < 4.78 is 3.58. The van der Waals surface area contributed by atoms with E-state index in [4.69, 9.17) is 5.73 Å². The van der Waals surface area contributed by atoms with Crippen molar-refractivity contribution in [2.24, 2.45) is 0 Å². The van der Waals surface area contributed by atoms with E-state index < -0.39 is 0 Å². The maximum Gasteiger partial charge on any atom is 0.332 e. The molecule has 74 valence electrons. The molecular weight excluding hydrogens is 260 g/mol. The summed E-state index contributed by atoms with van der Waals surface area (Å²) in [6, 6.07) is 6.50. The smallest absolute Gasteiger partial charge is 0.332 e. The average Bonchev–Trinajstić information content (AvgIpc) is 2.47. The van der Waals surface area contributed by atoms with Gasteiger partial charge in [0.1, 0.15) is 5.52 Å². The molecule has 0 fully saturated rings. The molecule has 2 heterocycles. The Kier molecular flexibility index (Phi) is 2.49. The molecule has 0 amide bonds. The normalized spacial score (nSPS) is 14.0. The fourth-order valence-corrected chi connectivity index (χ4v) is 3.09. The van der Waals surface area contributed by atoms with Gasteiger partial charge in [0.05, 0.1) is 11.2 Å². The highest BCUT2D eigenvalue weighted by atomic mass is 79.9. The Bertz CT molecular complexity index is 478. The number of benzene rings is 1. The van der Waals surface area contributed by atoms with E-state index in [1.165, 1.54) is 28.6 Å². The number of nitrogen functional groups attached to an aromatic ring is 1. The zero-order valence-corrected chi connectivity index (χ0v) is 10.1. The number of hydrogen-bond acceptors (Lipinski definition) is 2. The first-order valence-corrected chi connectivity index (χ1v) is 5.37. The quantitative estimate of drug-likeness (QED) is 0.594. The highest BCUT2D eigenvalue weighted by molar-refractivity contribution is 7.21. The number of nitrogens with two attached hydrogens (primary N) is 1. The third-order valence-corrected chi connectivity index (χ3v) is 3.64. The van der Waals surface area contributed by atoms with Crippen LogP contribution >= 0.6 is 11.3 Å². The number of aromatic nitrogens is 1. The predicted molar refractivity (Wildman–Crippen MR) is 54.8 cm³/mol. The number of thiazole rings is 1. The Morgan fingerprint density at radius 1 is 1.36 bits per heavy atom. The first-order valence-electron chi connectivity index (χ1n) is 4.56. The monoisotopic (exact) mass is 270 g/mol. The van der Waals surface area contributed by atoms with E-state index in [0.29, 0.717) is 0 Å². The minimum absolute atomic E-state index is 0. The molecule has 0 radical (unpaired) electrons. The van der Waals surface area contributed by atoms with Gasteiger partial charge in [0, 0.05) is 5.56 Å². The third-order valence-electron chi connectivity index (χ3n) is 2.66. The van der Waals surface area contributed by atoms with Crippen LogP contribution in [0.1, 0.15) is 12.0 Å². The van der Waals surface area contributed by atoms with Crippen molar-refractivity contribution < 1.29 is 21.5 Å². The Morgan fingerprint density at radius 3 is 3.07 bits per heavy atom. The number of rotatable bonds is 0. The van der Waals surface area contributed by atoms with E-state index in [-0.39, 0.29) is 17.0 Å². The van der Waals surface area contributed by atoms with Gasteiger partial charge in [-0.2, -0.15) is 0 Å². The van der Waals surface area contributed by atoms with Crippen LogP contribution < -0.4 is 27.3 Å². The van der Waals surface area contributed by atoms with Crippen LogP contribution in [-0.4, -0.2) is 0 Å². The van der Waals surface area contributed by atoms with Crippen LogP contribution in [0.15, 0.2) is 18.2 Å². The third kappa shape index (κ3) is 1.25. The van der Waals surface area contributed by atoms with Gasteiger partial charge in [-0.1, -0.05) is 12.1 Å². The maximum atomic E-state index is 5.95. The fraction of sp³-hybridized carbons (Fsp3) is 0.300. The van der Waals surface area contributed by atoms with Gasteiger partial charge in [0.2, 0.25) is 0 Å². The van der Waals surface area contributed by atoms with Gasteiger partial charge in [-0.25, -0.2) is 4.57 Å². The molecule has 3 rings (SSSR count). The van der Waals surface area contributed by atoms with Gasteiger partial charge < -0.3 is 17.0 Å². The summed E-state index contributed by atoms with van der Waals surface area (Å²) in [5.74, 6) is 0. The fourth-order valence-electron chi connectivity index (χ4n) is 2.09.